The van der Waals surface area contributed by atoms with Crippen molar-refractivity contribution in [2.45, 2.75) is 11.8 Å². The van der Waals surface area contributed by atoms with Crippen molar-refractivity contribution < 1.29 is 22.9 Å². The predicted molar refractivity (Wildman–Crippen MR) is 98.9 cm³/mol. The number of nitrogens with one attached hydrogen (secondary N) is 2. The second-order valence-electron chi connectivity index (χ2n) is 5.07. The Morgan fingerprint density at radius 3 is 2.50 bits per heavy atom. The molecule has 0 radical (unpaired) electrons. The van der Waals surface area contributed by atoms with Crippen molar-refractivity contribution in [1.82, 2.24) is 0 Å². The fraction of sp³-hybridized carbons (Fsp3) is 0.133. The number of amides is 1. The fourth-order valence-electron chi connectivity index (χ4n) is 2.08. The standard InChI is InChI=1S/C15H14BrN3O6S/c1-9(20)17-13-7-10(3-6-14(13)25-2)18-26(23,24)15-8-11(19(21)22)4-5-12(15)16/h3-8,18H,1-2H3,(H,17,20). The lowest BCUT2D eigenvalue weighted by Crippen LogP contribution is -2.14. The summed E-state index contributed by atoms with van der Waals surface area (Å²) in [6.07, 6.45) is 0. The van der Waals surface area contributed by atoms with Gasteiger partial charge in [-0.3, -0.25) is 19.6 Å². The molecule has 26 heavy (non-hydrogen) atoms. The fourth-order valence-corrected chi connectivity index (χ4v) is 4.11. The van der Waals surface area contributed by atoms with E-state index < -0.39 is 14.9 Å². The van der Waals surface area contributed by atoms with Crippen molar-refractivity contribution in [1.29, 1.82) is 0 Å². The van der Waals surface area contributed by atoms with Crippen molar-refractivity contribution in [3.8, 4) is 5.75 Å². The summed E-state index contributed by atoms with van der Waals surface area (Å²) in [6.45, 7) is 1.30. The molecule has 0 saturated heterocycles. The van der Waals surface area contributed by atoms with E-state index >= 15 is 0 Å². The number of benzene rings is 2. The molecule has 0 spiro atoms. The van der Waals surface area contributed by atoms with E-state index in [1.165, 1.54) is 44.4 Å². The summed E-state index contributed by atoms with van der Waals surface area (Å²) in [5.41, 5.74) is 0.0634. The Morgan fingerprint density at radius 2 is 1.92 bits per heavy atom. The molecule has 0 unspecified atom stereocenters. The number of nitrogens with zero attached hydrogens (tertiary/aromatic N) is 1. The number of non-ortho nitro benzene ring substituents is 1. The molecule has 0 heterocycles. The van der Waals surface area contributed by atoms with Crippen LogP contribution in [0.5, 0.6) is 5.75 Å². The summed E-state index contributed by atoms with van der Waals surface area (Å²) in [5.74, 6) is -0.00980. The molecule has 9 nitrogen and oxygen atoms in total. The van der Waals surface area contributed by atoms with Gasteiger partial charge in [-0.25, -0.2) is 8.42 Å². The predicted octanol–water partition coefficient (Wildman–Crippen LogP) is 3.13. The summed E-state index contributed by atoms with van der Waals surface area (Å²) in [5, 5.41) is 13.4. The molecule has 0 bridgehead atoms. The highest BCUT2D eigenvalue weighted by Gasteiger charge is 2.22. The van der Waals surface area contributed by atoms with Crippen LogP contribution in [0.2, 0.25) is 0 Å². The Kier molecular flexibility index (Phi) is 5.83. The number of carbonyl (C=O) groups is 1. The van der Waals surface area contributed by atoms with Gasteiger partial charge in [0.1, 0.15) is 10.6 Å². The summed E-state index contributed by atoms with van der Waals surface area (Å²) in [7, 11) is -2.71. The van der Waals surface area contributed by atoms with Gasteiger partial charge >= 0.3 is 0 Å². The van der Waals surface area contributed by atoms with Gasteiger partial charge < -0.3 is 10.1 Å². The summed E-state index contributed by atoms with van der Waals surface area (Å²) in [6, 6.07) is 7.71. The van der Waals surface area contributed by atoms with Gasteiger partial charge in [0.25, 0.3) is 15.7 Å². The zero-order valence-corrected chi connectivity index (χ0v) is 16.0. The number of hydrogen-bond donors (Lipinski definition) is 2. The summed E-state index contributed by atoms with van der Waals surface area (Å²) in [4.78, 5) is 21.2. The SMILES string of the molecule is COc1ccc(NS(=O)(=O)c2cc([N+](=O)[O-])ccc2Br)cc1NC(C)=O. The first-order valence-electron chi connectivity index (χ1n) is 7.06. The number of halogens is 1. The van der Waals surface area contributed by atoms with Gasteiger partial charge in [-0.1, -0.05) is 0 Å². The van der Waals surface area contributed by atoms with Crippen LogP contribution in [0, 0.1) is 10.1 Å². The largest absolute Gasteiger partial charge is 0.495 e. The average molecular weight is 444 g/mol. The van der Waals surface area contributed by atoms with Crippen molar-refractivity contribution >= 4 is 48.9 Å². The average Bonchev–Trinajstić information content (AvgIpc) is 2.54. The van der Waals surface area contributed by atoms with Gasteiger partial charge in [0.2, 0.25) is 5.91 Å². The molecule has 11 heteroatoms. The highest BCUT2D eigenvalue weighted by Crippen LogP contribution is 2.31. The number of rotatable bonds is 6. The number of methoxy groups -OCH3 is 1. The van der Waals surface area contributed by atoms with Gasteiger partial charge in [-0.2, -0.15) is 0 Å². The van der Waals surface area contributed by atoms with Crippen molar-refractivity contribution in [2.75, 3.05) is 17.1 Å². The molecule has 0 saturated carbocycles. The smallest absolute Gasteiger partial charge is 0.270 e. The number of sulfonamides is 1. The van der Waals surface area contributed by atoms with Crippen LogP contribution in [0.4, 0.5) is 17.1 Å². The van der Waals surface area contributed by atoms with Crippen LogP contribution < -0.4 is 14.8 Å². The van der Waals surface area contributed by atoms with E-state index in [0.29, 0.717) is 5.75 Å². The van der Waals surface area contributed by atoms with Crippen molar-refractivity contribution in [2.24, 2.45) is 0 Å². The van der Waals surface area contributed by atoms with Crippen LogP contribution in [0.25, 0.3) is 0 Å². The Labute approximate surface area is 157 Å². The van der Waals surface area contributed by atoms with Crippen LogP contribution in [0.3, 0.4) is 0 Å². The van der Waals surface area contributed by atoms with E-state index in [-0.39, 0.29) is 32.3 Å². The third-order valence-electron chi connectivity index (χ3n) is 3.18. The first kappa shape index (κ1) is 19.7. The van der Waals surface area contributed by atoms with Crippen LogP contribution in [-0.4, -0.2) is 26.4 Å². The minimum Gasteiger partial charge on any atom is -0.495 e. The molecule has 0 aliphatic rings. The molecule has 0 fully saturated rings. The monoisotopic (exact) mass is 443 g/mol. The third-order valence-corrected chi connectivity index (χ3v) is 5.55. The maximum Gasteiger partial charge on any atom is 0.270 e. The Morgan fingerprint density at radius 1 is 1.23 bits per heavy atom. The molecule has 0 atom stereocenters. The van der Waals surface area contributed by atoms with Gasteiger partial charge in [0, 0.05) is 23.5 Å². The number of ether oxygens (including phenoxy) is 1. The maximum atomic E-state index is 12.6. The number of nitro groups is 1. The van der Waals surface area contributed by atoms with Crippen molar-refractivity contribution in [3.63, 3.8) is 0 Å². The van der Waals surface area contributed by atoms with E-state index in [9.17, 15) is 23.3 Å². The topological polar surface area (TPSA) is 128 Å². The lowest BCUT2D eigenvalue weighted by Gasteiger charge is -2.13. The third kappa shape index (κ3) is 4.49. The molecular weight excluding hydrogens is 430 g/mol. The zero-order valence-electron chi connectivity index (χ0n) is 13.6. The molecule has 0 aliphatic heterocycles. The van der Waals surface area contributed by atoms with Crippen LogP contribution in [0.15, 0.2) is 45.8 Å². The number of nitro benzene ring substituents is 1. The van der Waals surface area contributed by atoms with Gasteiger partial charge in [-0.15, -0.1) is 0 Å². The minimum atomic E-state index is -4.12. The van der Waals surface area contributed by atoms with Crippen molar-refractivity contribution in [3.05, 3.63) is 51.0 Å². The molecule has 2 rings (SSSR count). The molecule has 0 aromatic heterocycles. The van der Waals surface area contributed by atoms with E-state index in [1.807, 2.05) is 0 Å². The Hall–Kier alpha value is -2.66. The molecule has 2 N–H and O–H groups in total. The first-order valence-corrected chi connectivity index (χ1v) is 9.34. The van der Waals surface area contributed by atoms with E-state index in [0.717, 1.165) is 6.07 Å². The van der Waals surface area contributed by atoms with E-state index in [1.54, 1.807) is 0 Å². The lowest BCUT2D eigenvalue weighted by molar-refractivity contribution is -0.385. The molecule has 138 valence electrons. The number of hydrogen-bond acceptors (Lipinski definition) is 6. The number of anilines is 2. The zero-order chi connectivity index (χ0) is 19.5. The summed E-state index contributed by atoms with van der Waals surface area (Å²) < 4.78 is 32.8. The molecule has 0 aliphatic carbocycles. The van der Waals surface area contributed by atoms with Gasteiger partial charge in [0.05, 0.1) is 23.4 Å². The first-order chi connectivity index (χ1) is 12.1. The second kappa shape index (κ2) is 7.70. The maximum absolute atomic E-state index is 12.6. The minimum absolute atomic E-state index is 0.146. The molecule has 2 aromatic carbocycles. The molecule has 2 aromatic rings. The summed E-state index contributed by atoms with van der Waals surface area (Å²) >= 11 is 3.08. The highest BCUT2D eigenvalue weighted by atomic mass is 79.9. The highest BCUT2D eigenvalue weighted by molar-refractivity contribution is 9.10. The molecule has 1 amide bonds. The quantitative estimate of drug-likeness (QED) is 0.521. The van der Waals surface area contributed by atoms with Gasteiger partial charge in [-0.05, 0) is 40.2 Å². The van der Waals surface area contributed by atoms with Crippen LogP contribution in [0.1, 0.15) is 6.92 Å². The lowest BCUT2D eigenvalue weighted by atomic mass is 10.2. The van der Waals surface area contributed by atoms with E-state index in [4.69, 9.17) is 4.74 Å². The van der Waals surface area contributed by atoms with Gasteiger partial charge in [0.15, 0.2) is 0 Å². The Balaban J connectivity index is 2.42. The normalized spacial score (nSPS) is 10.9. The Bertz CT molecular complexity index is 977. The van der Waals surface area contributed by atoms with Crippen LogP contribution >= 0.6 is 15.9 Å². The molecular formula is C15H14BrN3O6S. The second-order valence-corrected chi connectivity index (χ2v) is 7.58. The van der Waals surface area contributed by atoms with E-state index in [2.05, 4.69) is 26.0 Å². The number of carbonyl (C=O) groups excluding carboxylic acids is 1. The van der Waals surface area contributed by atoms with Crippen LogP contribution in [-0.2, 0) is 14.8 Å².